The number of hydrogen-bond acceptors (Lipinski definition) is 8. The summed E-state index contributed by atoms with van der Waals surface area (Å²) >= 11 is 0. The van der Waals surface area contributed by atoms with Crippen LogP contribution in [-0.4, -0.2) is 112 Å². The lowest BCUT2D eigenvalue weighted by atomic mass is 9.72. The Morgan fingerprint density at radius 3 is 2.57 bits per heavy atom. The normalized spacial score (nSPS) is 33.5. The summed E-state index contributed by atoms with van der Waals surface area (Å²) in [7, 11) is -1.59. The summed E-state index contributed by atoms with van der Waals surface area (Å²) in [6, 6.07) is 5.13. The first-order valence-electron chi connectivity index (χ1n) is 16.6. The largest absolute Gasteiger partial charge is 0.361 e. The second kappa shape index (κ2) is 11.8. The molecule has 47 heavy (non-hydrogen) atoms. The Labute approximate surface area is 275 Å². The number of nitrogens with zero attached hydrogens (tertiary/aromatic N) is 3. The highest BCUT2D eigenvalue weighted by molar-refractivity contribution is 7.85. The van der Waals surface area contributed by atoms with E-state index in [-0.39, 0.29) is 35.6 Å². The molecule has 4 N–H and O–H groups in total. The van der Waals surface area contributed by atoms with Crippen molar-refractivity contribution in [1.29, 1.82) is 0 Å². The van der Waals surface area contributed by atoms with Gasteiger partial charge in [-0.1, -0.05) is 39.8 Å². The lowest BCUT2D eigenvalue weighted by molar-refractivity contribution is -0.322. The van der Waals surface area contributed by atoms with Crippen LogP contribution in [0.5, 0.6) is 0 Å². The molecule has 7 atom stereocenters. The predicted molar refractivity (Wildman–Crippen MR) is 173 cm³/mol. The van der Waals surface area contributed by atoms with Crippen LogP contribution in [0, 0.1) is 17.8 Å². The molecule has 3 amide bonds. The van der Waals surface area contributed by atoms with Gasteiger partial charge in [0.25, 0.3) is 21.9 Å². The van der Waals surface area contributed by atoms with Crippen molar-refractivity contribution in [2.24, 2.45) is 17.8 Å². The number of benzene rings is 1. The summed E-state index contributed by atoms with van der Waals surface area (Å²) in [5, 5.41) is 16.4. The molecule has 5 heterocycles. The number of piperidine rings is 1. The minimum absolute atomic E-state index is 0.116. The zero-order valence-electron chi connectivity index (χ0n) is 27.9. The molecule has 2 aromatic rings. The van der Waals surface area contributed by atoms with E-state index in [4.69, 9.17) is 9.29 Å². The Balaban J connectivity index is 0.000000720. The molecule has 5 aliphatic rings. The highest BCUT2D eigenvalue weighted by atomic mass is 32.2. The predicted octanol–water partition coefficient (Wildman–Crippen LogP) is 2.02. The van der Waals surface area contributed by atoms with Crippen molar-refractivity contribution in [3.05, 3.63) is 35.5 Å². The molecule has 4 saturated heterocycles. The van der Waals surface area contributed by atoms with Gasteiger partial charge in [-0.15, -0.1) is 0 Å². The number of likely N-dealkylation sites (tertiary alicyclic amines) is 1. The number of piperazine rings is 1. The molecule has 13 nitrogen and oxygen atoms in total. The smallest absolute Gasteiger partial charge is 0.281 e. The van der Waals surface area contributed by atoms with E-state index >= 15 is 0 Å². The van der Waals surface area contributed by atoms with E-state index in [0.717, 1.165) is 18.4 Å². The van der Waals surface area contributed by atoms with Crippen LogP contribution in [0.4, 0.5) is 0 Å². The maximum Gasteiger partial charge on any atom is 0.281 e. The van der Waals surface area contributed by atoms with Crippen LogP contribution >= 0.6 is 0 Å². The minimum Gasteiger partial charge on any atom is -0.361 e. The number of ether oxygens (including phenoxy) is 1. The van der Waals surface area contributed by atoms with Gasteiger partial charge in [-0.2, -0.15) is 8.42 Å². The van der Waals surface area contributed by atoms with Gasteiger partial charge in [-0.3, -0.25) is 28.6 Å². The first kappa shape index (κ1) is 33.8. The van der Waals surface area contributed by atoms with Crippen molar-refractivity contribution < 1.29 is 37.2 Å². The van der Waals surface area contributed by atoms with Gasteiger partial charge >= 0.3 is 0 Å². The third kappa shape index (κ3) is 5.65. The fourth-order valence-electron chi connectivity index (χ4n) is 8.63. The number of fused-ring (bicyclic) bond motifs is 5. The number of carbonyl (C=O) groups is 3. The zero-order chi connectivity index (χ0) is 34.2. The number of aromatic nitrogens is 1. The molecule has 14 heteroatoms. The second-order valence-electron chi connectivity index (χ2n) is 14.7. The molecule has 1 aliphatic carbocycles. The Morgan fingerprint density at radius 2 is 1.91 bits per heavy atom. The van der Waals surface area contributed by atoms with E-state index in [1.165, 1.54) is 21.4 Å². The van der Waals surface area contributed by atoms with Crippen LogP contribution in [0.1, 0.15) is 70.4 Å². The fourth-order valence-corrected chi connectivity index (χ4v) is 8.63. The van der Waals surface area contributed by atoms with Gasteiger partial charge in [0.1, 0.15) is 12.1 Å². The van der Waals surface area contributed by atoms with Crippen molar-refractivity contribution in [1.82, 2.24) is 25.0 Å². The van der Waals surface area contributed by atoms with Crippen molar-refractivity contribution >= 4 is 38.7 Å². The van der Waals surface area contributed by atoms with Crippen LogP contribution < -0.4 is 5.32 Å². The molecule has 1 aromatic carbocycles. The van der Waals surface area contributed by atoms with Crippen molar-refractivity contribution in [3.8, 4) is 0 Å². The van der Waals surface area contributed by atoms with E-state index < -0.39 is 45.7 Å². The topological polar surface area (TPSA) is 173 Å². The molecule has 7 rings (SSSR count). The van der Waals surface area contributed by atoms with Gasteiger partial charge in [-0.05, 0) is 62.3 Å². The third-order valence-corrected chi connectivity index (χ3v) is 10.7. The Morgan fingerprint density at radius 1 is 1.21 bits per heavy atom. The summed E-state index contributed by atoms with van der Waals surface area (Å²) in [5.74, 6) is -3.48. The van der Waals surface area contributed by atoms with Gasteiger partial charge in [0.2, 0.25) is 17.5 Å². The summed E-state index contributed by atoms with van der Waals surface area (Å²) in [4.78, 5) is 50.8. The van der Waals surface area contributed by atoms with E-state index in [0.29, 0.717) is 38.6 Å². The number of rotatable bonds is 5. The standard InChI is InChI=1S/C32H43N5O5.CH4O3S/c1-17(2)12-25-29(39)36-11-7-10-26(36)32(41)37(25)30(40)31(42-32,18(3)4)34-28(38)20-13-22-21-8-6-9-23-27(21)19(15-33-23)14-24(22)35(5)16-20;1-5(2,3)4/h6,8-9,15,17-18,20,22,24-26,33,41H,7,10-14,16H2,1-5H3,(H,34,38);1H3,(H,2,3,4)/t20?,22?,24?,25?,26?,31-,32+;/m1./s1. The lowest BCUT2D eigenvalue weighted by Gasteiger charge is -2.49. The van der Waals surface area contributed by atoms with Crippen LogP contribution in [0.2, 0.25) is 0 Å². The van der Waals surface area contributed by atoms with Crippen LogP contribution in [0.15, 0.2) is 24.4 Å². The number of nitrogens with one attached hydrogen (secondary N) is 2. The number of amides is 3. The average molecular weight is 674 g/mol. The number of aliphatic hydroxyl groups is 1. The summed E-state index contributed by atoms with van der Waals surface area (Å²) < 4.78 is 32.3. The van der Waals surface area contributed by atoms with E-state index in [2.05, 4.69) is 46.6 Å². The Bertz CT molecular complexity index is 1680. The Hall–Kier alpha value is -3.04. The summed E-state index contributed by atoms with van der Waals surface area (Å²) in [6.45, 7) is 8.73. The van der Waals surface area contributed by atoms with Crippen LogP contribution in [0.25, 0.3) is 10.9 Å². The van der Waals surface area contributed by atoms with Gasteiger partial charge in [0.05, 0.1) is 12.2 Å². The molecular formula is C33H47N5O8S. The van der Waals surface area contributed by atoms with Gasteiger partial charge in [0, 0.05) is 48.1 Å². The van der Waals surface area contributed by atoms with Crippen molar-refractivity contribution in [3.63, 3.8) is 0 Å². The van der Waals surface area contributed by atoms with Crippen molar-refractivity contribution in [2.75, 3.05) is 26.4 Å². The van der Waals surface area contributed by atoms with Crippen molar-refractivity contribution in [2.45, 2.75) is 95.5 Å². The molecule has 0 radical (unpaired) electrons. The summed E-state index contributed by atoms with van der Waals surface area (Å²) in [6.07, 6.45) is 6.07. The highest BCUT2D eigenvalue weighted by Crippen LogP contribution is 2.49. The lowest BCUT2D eigenvalue weighted by Crippen LogP contribution is -2.71. The molecule has 258 valence electrons. The maximum absolute atomic E-state index is 14.4. The first-order valence-corrected chi connectivity index (χ1v) is 18.4. The number of H-pyrrole nitrogens is 1. The van der Waals surface area contributed by atoms with Gasteiger partial charge in [0.15, 0.2) is 0 Å². The molecule has 4 aliphatic heterocycles. The third-order valence-electron chi connectivity index (χ3n) is 10.7. The molecular weight excluding hydrogens is 626 g/mol. The SMILES string of the molecule is CC(C)CC1C(=O)N2CCCC2[C@]2(O)O[C@](NC(=O)C3CC4c5cccc6[nH]cc(c56)CC4N(C)C3)(C(C)C)C(=O)N12.CS(=O)(=O)O. The zero-order valence-corrected chi connectivity index (χ0v) is 28.7. The molecule has 1 aromatic heterocycles. The second-order valence-corrected chi connectivity index (χ2v) is 16.2. The molecule has 0 saturated carbocycles. The Kier molecular flexibility index (Phi) is 8.52. The number of carbonyl (C=O) groups excluding carboxylic acids is 3. The quantitative estimate of drug-likeness (QED) is 0.347. The molecule has 5 unspecified atom stereocenters. The number of likely N-dealkylation sites (N-methyl/N-ethyl adjacent to an activating group) is 1. The van der Waals surface area contributed by atoms with E-state index in [9.17, 15) is 27.9 Å². The molecule has 0 spiro atoms. The summed E-state index contributed by atoms with van der Waals surface area (Å²) in [5.41, 5.74) is 1.93. The number of aromatic amines is 1. The number of hydrogen-bond donors (Lipinski definition) is 4. The molecule has 0 bridgehead atoms. The molecule has 4 fully saturated rings. The highest BCUT2D eigenvalue weighted by Gasteiger charge is 2.72. The van der Waals surface area contributed by atoms with Gasteiger partial charge in [-0.25, -0.2) is 0 Å². The van der Waals surface area contributed by atoms with E-state index in [1.807, 2.05) is 27.7 Å². The average Bonchev–Trinajstić information content (AvgIpc) is 3.68. The first-order chi connectivity index (χ1) is 22.0. The van der Waals surface area contributed by atoms with Gasteiger partial charge < -0.3 is 25.2 Å². The monoisotopic (exact) mass is 673 g/mol. The fraction of sp³-hybridized carbons (Fsp3) is 0.667. The van der Waals surface area contributed by atoms with Crippen LogP contribution in [0.3, 0.4) is 0 Å². The van der Waals surface area contributed by atoms with Crippen LogP contribution in [-0.2, 0) is 35.7 Å². The minimum atomic E-state index is -3.67. The van der Waals surface area contributed by atoms with E-state index in [1.54, 1.807) is 4.90 Å². The maximum atomic E-state index is 14.4.